The molecule has 1 aliphatic heterocycles. The van der Waals surface area contributed by atoms with Crippen molar-refractivity contribution in [3.63, 3.8) is 0 Å². The normalized spacial score (nSPS) is 17.1. The van der Waals surface area contributed by atoms with Gasteiger partial charge in [-0.3, -0.25) is 4.79 Å². The molecule has 0 radical (unpaired) electrons. The van der Waals surface area contributed by atoms with Crippen molar-refractivity contribution in [2.45, 2.75) is 30.4 Å². The number of benzene rings is 1. The molecule has 114 valence electrons. The molecule has 0 atom stereocenters. The molecule has 1 aromatic rings. The van der Waals surface area contributed by atoms with Crippen molar-refractivity contribution in [2.24, 2.45) is 0 Å². The fourth-order valence-corrected chi connectivity index (χ4v) is 2.93. The van der Waals surface area contributed by atoms with Crippen LogP contribution in [0, 0.1) is 0 Å². The number of rotatable bonds is 6. The lowest BCUT2D eigenvalue weighted by molar-refractivity contribution is -0.181. The topological polar surface area (TPSA) is 69.7 Å². The maximum Gasteiger partial charge on any atom is 0.199 e. The van der Waals surface area contributed by atoms with Gasteiger partial charge in [0.2, 0.25) is 0 Å². The van der Waals surface area contributed by atoms with E-state index in [9.17, 15) is 13.2 Å². The van der Waals surface area contributed by atoms with Crippen molar-refractivity contribution >= 4 is 15.6 Å². The first-order valence-electron chi connectivity index (χ1n) is 6.82. The summed E-state index contributed by atoms with van der Waals surface area (Å²) in [5.41, 5.74) is 0. The summed E-state index contributed by atoms with van der Waals surface area (Å²) in [7, 11) is -3.56. The van der Waals surface area contributed by atoms with Gasteiger partial charge >= 0.3 is 0 Å². The van der Waals surface area contributed by atoms with Crippen LogP contribution in [0.2, 0.25) is 0 Å². The van der Waals surface area contributed by atoms with Gasteiger partial charge in [0, 0.05) is 18.2 Å². The molecule has 0 aliphatic carbocycles. The van der Waals surface area contributed by atoms with Crippen LogP contribution in [0.1, 0.15) is 19.3 Å². The summed E-state index contributed by atoms with van der Waals surface area (Å²) in [6, 6.07) is 8.00. The molecular weight excluding hydrogens is 292 g/mol. The molecule has 0 N–H and O–H groups in total. The van der Waals surface area contributed by atoms with Crippen molar-refractivity contribution < 1.29 is 22.7 Å². The predicted octanol–water partition coefficient (Wildman–Crippen LogP) is 2.09. The SMILES string of the molecule is O=C(/C=C\S(=O)(=O)c1ccccc1)CCC1OCCCO1. The minimum absolute atomic E-state index is 0.174. The molecule has 0 saturated carbocycles. The van der Waals surface area contributed by atoms with Crippen molar-refractivity contribution in [1.82, 2.24) is 0 Å². The van der Waals surface area contributed by atoms with Gasteiger partial charge in [-0.15, -0.1) is 0 Å². The largest absolute Gasteiger partial charge is 0.353 e. The Bertz CT molecular complexity index is 586. The van der Waals surface area contributed by atoms with Crippen molar-refractivity contribution in [3.8, 4) is 0 Å². The molecule has 1 heterocycles. The third-order valence-corrected chi connectivity index (χ3v) is 4.45. The Morgan fingerprint density at radius 1 is 1.19 bits per heavy atom. The Balaban J connectivity index is 1.86. The lowest BCUT2D eigenvalue weighted by atomic mass is 10.2. The summed E-state index contributed by atoms with van der Waals surface area (Å²) in [5, 5.41) is 0.952. The number of carbonyl (C=O) groups excluding carboxylic acids is 1. The number of hydrogen-bond acceptors (Lipinski definition) is 5. The highest BCUT2D eigenvalue weighted by atomic mass is 32.2. The number of hydrogen-bond donors (Lipinski definition) is 0. The number of ketones is 1. The summed E-state index contributed by atoms with van der Waals surface area (Å²) in [5.74, 6) is -0.257. The standard InChI is InChI=1S/C15H18O5S/c16-13(7-8-15-19-10-4-11-20-15)9-12-21(17,18)14-5-2-1-3-6-14/h1-3,5-6,9,12,15H,4,7-8,10-11H2/b12-9-. The zero-order chi connectivity index (χ0) is 15.1. The third kappa shape index (κ3) is 5.08. The van der Waals surface area contributed by atoms with Crippen molar-refractivity contribution in [3.05, 3.63) is 41.8 Å². The molecule has 0 spiro atoms. The molecule has 2 rings (SSSR count). The molecule has 0 aromatic heterocycles. The maximum atomic E-state index is 12.0. The average Bonchev–Trinajstić information content (AvgIpc) is 2.53. The first-order chi connectivity index (χ1) is 10.1. The van der Waals surface area contributed by atoms with Crippen LogP contribution in [-0.4, -0.2) is 33.7 Å². The van der Waals surface area contributed by atoms with Gasteiger partial charge in [-0.05, 0) is 24.6 Å². The van der Waals surface area contributed by atoms with E-state index in [0.29, 0.717) is 19.6 Å². The van der Waals surface area contributed by atoms with E-state index >= 15 is 0 Å². The van der Waals surface area contributed by atoms with Crippen molar-refractivity contribution in [1.29, 1.82) is 0 Å². The van der Waals surface area contributed by atoms with E-state index in [-0.39, 0.29) is 23.4 Å². The molecule has 6 heteroatoms. The molecule has 21 heavy (non-hydrogen) atoms. The number of carbonyl (C=O) groups is 1. The molecular formula is C15H18O5S. The van der Waals surface area contributed by atoms with Gasteiger partial charge in [-0.2, -0.15) is 0 Å². The minimum atomic E-state index is -3.56. The lowest BCUT2D eigenvalue weighted by Gasteiger charge is -2.22. The van der Waals surface area contributed by atoms with Gasteiger partial charge in [0.05, 0.1) is 18.1 Å². The van der Waals surface area contributed by atoms with Crippen LogP contribution in [0.25, 0.3) is 0 Å². The van der Waals surface area contributed by atoms with Gasteiger partial charge in [0.15, 0.2) is 21.9 Å². The number of sulfone groups is 1. The van der Waals surface area contributed by atoms with Crippen molar-refractivity contribution in [2.75, 3.05) is 13.2 Å². The van der Waals surface area contributed by atoms with Gasteiger partial charge in [-0.25, -0.2) is 8.42 Å². The second kappa shape index (κ2) is 7.49. The number of ether oxygens (including phenoxy) is 2. The van der Waals surface area contributed by atoms with Crippen LogP contribution in [-0.2, 0) is 24.1 Å². The van der Waals surface area contributed by atoms with E-state index < -0.39 is 9.84 Å². The monoisotopic (exact) mass is 310 g/mol. The third-order valence-electron chi connectivity index (χ3n) is 3.03. The Labute approximate surface area is 124 Å². The van der Waals surface area contributed by atoms with E-state index in [2.05, 4.69) is 0 Å². The van der Waals surface area contributed by atoms with Gasteiger partial charge < -0.3 is 9.47 Å². The van der Waals surface area contributed by atoms with E-state index in [1.165, 1.54) is 12.1 Å². The van der Waals surface area contributed by atoms with Crippen LogP contribution < -0.4 is 0 Å². The van der Waals surface area contributed by atoms with E-state index in [0.717, 1.165) is 17.9 Å². The minimum Gasteiger partial charge on any atom is -0.353 e. The summed E-state index contributed by atoms with van der Waals surface area (Å²) in [6.07, 6.45) is 2.24. The molecule has 0 bridgehead atoms. The highest BCUT2D eigenvalue weighted by Crippen LogP contribution is 2.13. The molecule has 0 unspecified atom stereocenters. The lowest BCUT2D eigenvalue weighted by Crippen LogP contribution is -2.25. The second-order valence-electron chi connectivity index (χ2n) is 4.69. The first kappa shape index (κ1) is 15.9. The smallest absolute Gasteiger partial charge is 0.199 e. The highest BCUT2D eigenvalue weighted by Gasteiger charge is 2.15. The number of allylic oxidation sites excluding steroid dienone is 1. The summed E-state index contributed by atoms with van der Waals surface area (Å²) in [4.78, 5) is 11.9. The van der Waals surface area contributed by atoms with Crippen LogP contribution >= 0.6 is 0 Å². The Kier molecular flexibility index (Phi) is 5.67. The van der Waals surface area contributed by atoms with Crippen LogP contribution in [0.4, 0.5) is 0 Å². The fraction of sp³-hybridized carbons (Fsp3) is 0.400. The molecule has 1 aliphatic rings. The quantitative estimate of drug-likeness (QED) is 0.752. The zero-order valence-corrected chi connectivity index (χ0v) is 12.4. The van der Waals surface area contributed by atoms with Crippen LogP contribution in [0.5, 0.6) is 0 Å². The summed E-state index contributed by atoms with van der Waals surface area (Å²) >= 11 is 0. The van der Waals surface area contributed by atoms with Gasteiger partial charge in [0.1, 0.15) is 0 Å². The fourth-order valence-electron chi connectivity index (χ4n) is 1.90. The Morgan fingerprint density at radius 3 is 2.52 bits per heavy atom. The average molecular weight is 310 g/mol. The molecule has 1 fully saturated rings. The molecule has 0 amide bonds. The second-order valence-corrected chi connectivity index (χ2v) is 6.52. The summed E-state index contributed by atoms with van der Waals surface area (Å²) < 4.78 is 34.6. The van der Waals surface area contributed by atoms with E-state index in [1.54, 1.807) is 18.2 Å². The zero-order valence-electron chi connectivity index (χ0n) is 11.6. The summed E-state index contributed by atoms with van der Waals surface area (Å²) in [6.45, 7) is 1.27. The molecule has 1 saturated heterocycles. The Hall–Kier alpha value is -1.50. The van der Waals surface area contributed by atoms with Gasteiger partial charge in [-0.1, -0.05) is 18.2 Å². The van der Waals surface area contributed by atoms with Gasteiger partial charge in [0.25, 0.3) is 0 Å². The highest BCUT2D eigenvalue weighted by molar-refractivity contribution is 7.94. The predicted molar refractivity (Wildman–Crippen MR) is 77.3 cm³/mol. The van der Waals surface area contributed by atoms with Crippen LogP contribution in [0.15, 0.2) is 46.7 Å². The maximum absolute atomic E-state index is 12.0. The van der Waals surface area contributed by atoms with E-state index in [4.69, 9.17) is 9.47 Å². The first-order valence-corrected chi connectivity index (χ1v) is 8.37. The van der Waals surface area contributed by atoms with E-state index in [1.807, 2.05) is 0 Å². The van der Waals surface area contributed by atoms with Crippen LogP contribution in [0.3, 0.4) is 0 Å². The molecule has 5 nitrogen and oxygen atoms in total. The molecule has 1 aromatic carbocycles. The Morgan fingerprint density at radius 2 is 1.86 bits per heavy atom.